The number of anilines is 1. The second kappa shape index (κ2) is 4.77. The number of hydrogen-bond acceptors (Lipinski definition) is 4. The van der Waals surface area contributed by atoms with Gasteiger partial charge in [0.15, 0.2) is 5.82 Å². The second-order valence-corrected chi connectivity index (χ2v) is 6.29. The number of hydrogen-bond donors (Lipinski definition) is 1. The van der Waals surface area contributed by atoms with Crippen molar-refractivity contribution in [2.75, 3.05) is 4.72 Å². The van der Waals surface area contributed by atoms with Gasteiger partial charge in [-0.1, -0.05) is 0 Å². The van der Waals surface area contributed by atoms with Crippen molar-refractivity contribution in [2.45, 2.75) is 19.1 Å². The van der Waals surface area contributed by atoms with Gasteiger partial charge in [0.25, 0.3) is 0 Å². The molecule has 0 aliphatic rings. The molecule has 6 nitrogen and oxygen atoms in total. The summed E-state index contributed by atoms with van der Waals surface area (Å²) in [5.74, 6) is 0.632. The normalized spacial score (nSPS) is 11.7. The van der Waals surface area contributed by atoms with Gasteiger partial charge >= 0.3 is 0 Å². The summed E-state index contributed by atoms with van der Waals surface area (Å²) in [5, 5.41) is 3.55. The van der Waals surface area contributed by atoms with Gasteiger partial charge in [-0.3, -0.25) is 4.72 Å². The molecule has 0 fully saturated rings. The average molecular weight is 266 g/mol. The lowest BCUT2D eigenvalue weighted by atomic mass is 10.4. The molecule has 0 spiro atoms. The lowest BCUT2D eigenvalue weighted by Gasteiger charge is -2.10. The summed E-state index contributed by atoms with van der Waals surface area (Å²) in [6, 6.07) is 5.15. The van der Waals surface area contributed by atoms with E-state index in [0.29, 0.717) is 11.5 Å². The molecule has 0 amide bonds. The molecule has 0 saturated carbocycles. The number of nitrogens with one attached hydrogen (secondary N) is 1. The molecule has 2 heterocycles. The third-order valence-electron chi connectivity index (χ3n) is 2.37. The summed E-state index contributed by atoms with van der Waals surface area (Å²) in [7, 11) is -3.33. The zero-order valence-corrected chi connectivity index (χ0v) is 10.9. The molecule has 0 atom stereocenters. The highest BCUT2D eigenvalue weighted by molar-refractivity contribution is 7.93. The SMILES string of the molecule is CC(C)S(=O)(=O)Nc1ccc(-n2cccn2)nc1. The smallest absolute Gasteiger partial charge is 0.235 e. The largest absolute Gasteiger partial charge is 0.282 e. The Bertz CT molecular complexity index is 603. The summed E-state index contributed by atoms with van der Waals surface area (Å²) in [6.07, 6.45) is 4.88. The molecule has 0 aromatic carbocycles. The Morgan fingerprint density at radius 3 is 2.61 bits per heavy atom. The first-order valence-electron chi connectivity index (χ1n) is 5.47. The van der Waals surface area contributed by atoms with Crippen molar-refractivity contribution >= 4 is 15.7 Å². The quantitative estimate of drug-likeness (QED) is 0.907. The molecule has 0 aliphatic carbocycles. The van der Waals surface area contributed by atoms with E-state index in [-0.39, 0.29) is 0 Å². The van der Waals surface area contributed by atoms with Gasteiger partial charge in [0, 0.05) is 12.4 Å². The third-order valence-corrected chi connectivity index (χ3v) is 4.13. The van der Waals surface area contributed by atoms with Crippen LogP contribution in [0.4, 0.5) is 5.69 Å². The lowest BCUT2D eigenvalue weighted by Crippen LogP contribution is -2.22. The van der Waals surface area contributed by atoms with Crippen LogP contribution in [-0.2, 0) is 10.0 Å². The molecule has 2 aromatic rings. The Kier molecular flexibility index (Phi) is 3.33. The fourth-order valence-electron chi connectivity index (χ4n) is 1.27. The van der Waals surface area contributed by atoms with Crippen LogP contribution in [0.2, 0.25) is 0 Å². The Balaban J connectivity index is 2.19. The maximum absolute atomic E-state index is 11.7. The minimum atomic E-state index is -3.33. The first-order chi connectivity index (χ1) is 8.49. The van der Waals surface area contributed by atoms with E-state index >= 15 is 0 Å². The van der Waals surface area contributed by atoms with Crippen LogP contribution in [0.15, 0.2) is 36.8 Å². The predicted molar refractivity (Wildman–Crippen MR) is 69.0 cm³/mol. The van der Waals surface area contributed by atoms with Gasteiger partial charge in [-0.05, 0) is 32.0 Å². The highest BCUT2D eigenvalue weighted by Crippen LogP contribution is 2.12. The minimum Gasteiger partial charge on any atom is -0.282 e. The third kappa shape index (κ3) is 2.67. The fourth-order valence-corrected chi connectivity index (χ4v) is 1.95. The Hall–Kier alpha value is -1.89. The summed E-state index contributed by atoms with van der Waals surface area (Å²) in [4.78, 5) is 4.14. The molecule has 1 N–H and O–H groups in total. The maximum Gasteiger partial charge on any atom is 0.235 e. The van der Waals surface area contributed by atoms with Gasteiger partial charge in [0.1, 0.15) is 0 Å². The molecule has 0 saturated heterocycles. The van der Waals surface area contributed by atoms with E-state index in [1.54, 1.807) is 49.1 Å². The number of sulfonamides is 1. The Labute approximate surface area is 106 Å². The standard InChI is InChI=1S/C11H14N4O2S/c1-9(2)18(16,17)14-10-4-5-11(12-8-10)15-7-3-6-13-15/h3-9,14H,1-2H3. The van der Waals surface area contributed by atoms with Gasteiger partial charge in [-0.2, -0.15) is 5.10 Å². The Morgan fingerprint density at radius 2 is 2.11 bits per heavy atom. The average Bonchev–Trinajstić information content (AvgIpc) is 2.83. The molecule has 2 rings (SSSR count). The van der Waals surface area contributed by atoms with Crippen molar-refractivity contribution in [1.82, 2.24) is 14.8 Å². The van der Waals surface area contributed by atoms with Crippen LogP contribution in [0.25, 0.3) is 5.82 Å². The van der Waals surface area contributed by atoms with Crippen molar-refractivity contribution in [1.29, 1.82) is 0 Å². The molecule has 2 aromatic heterocycles. The number of rotatable bonds is 4. The van der Waals surface area contributed by atoms with Crippen molar-refractivity contribution in [3.8, 4) is 5.82 Å². The summed E-state index contributed by atoms with van der Waals surface area (Å²) in [5.41, 5.74) is 0.444. The second-order valence-electron chi connectivity index (χ2n) is 4.05. The van der Waals surface area contributed by atoms with E-state index < -0.39 is 15.3 Å². The monoisotopic (exact) mass is 266 g/mol. The van der Waals surface area contributed by atoms with Crippen LogP contribution in [0, 0.1) is 0 Å². The summed E-state index contributed by atoms with van der Waals surface area (Å²) >= 11 is 0. The van der Waals surface area contributed by atoms with E-state index in [1.165, 1.54) is 6.20 Å². The van der Waals surface area contributed by atoms with Gasteiger partial charge in [0.2, 0.25) is 10.0 Å². The maximum atomic E-state index is 11.7. The van der Waals surface area contributed by atoms with Crippen molar-refractivity contribution < 1.29 is 8.42 Å². The molecule has 0 unspecified atom stereocenters. The van der Waals surface area contributed by atoms with Crippen LogP contribution in [0.1, 0.15) is 13.8 Å². The summed E-state index contributed by atoms with van der Waals surface area (Å²) in [6.45, 7) is 3.24. The van der Waals surface area contributed by atoms with Crippen LogP contribution in [0.5, 0.6) is 0 Å². The van der Waals surface area contributed by atoms with Gasteiger partial charge in [0.05, 0.1) is 17.1 Å². The van der Waals surface area contributed by atoms with E-state index in [0.717, 1.165) is 0 Å². The molecule has 0 bridgehead atoms. The van der Waals surface area contributed by atoms with Gasteiger partial charge < -0.3 is 0 Å². The van der Waals surface area contributed by atoms with Crippen LogP contribution < -0.4 is 4.72 Å². The van der Waals surface area contributed by atoms with E-state index in [1.807, 2.05) is 0 Å². The zero-order valence-electron chi connectivity index (χ0n) is 10.1. The Morgan fingerprint density at radius 1 is 1.33 bits per heavy atom. The number of nitrogens with zero attached hydrogens (tertiary/aromatic N) is 3. The topological polar surface area (TPSA) is 76.9 Å². The van der Waals surface area contributed by atoms with Gasteiger partial charge in [-0.25, -0.2) is 18.1 Å². The van der Waals surface area contributed by atoms with Crippen molar-refractivity contribution in [3.63, 3.8) is 0 Å². The molecular formula is C11H14N4O2S. The van der Waals surface area contributed by atoms with Crippen LogP contribution >= 0.6 is 0 Å². The van der Waals surface area contributed by atoms with Gasteiger partial charge in [-0.15, -0.1) is 0 Å². The lowest BCUT2D eigenvalue weighted by molar-refractivity contribution is 0.592. The molecular weight excluding hydrogens is 252 g/mol. The van der Waals surface area contributed by atoms with Crippen LogP contribution in [0.3, 0.4) is 0 Å². The molecule has 96 valence electrons. The predicted octanol–water partition coefficient (Wildman–Crippen LogP) is 1.42. The molecule has 7 heteroatoms. The molecule has 0 radical (unpaired) electrons. The summed E-state index contributed by atoms with van der Waals surface area (Å²) < 4.78 is 27.4. The molecule has 18 heavy (non-hydrogen) atoms. The number of pyridine rings is 1. The van der Waals surface area contributed by atoms with E-state index in [4.69, 9.17) is 0 Å². The first-order valence-corrected chi connectivity index (χ1v) is 7.01. The van der Waals surface area contributed by atoms with Crippen molar-refractivity contribution in [3.05, 3.63) is 36.8 Å². The number of aromatic nitrogens is 3. The highest BCUT2D eigenvalue weighted by atomic mass is 32.2. The minimum absolute atomic E-state index is 0.444. The van der Waals surface area contributed by atoms with E-state index in [2.05, 4.69) is 14.8 Å². The van der Waals surface area contributed by atoms with Crippen LogP contribution in [-0.4, -0.2) is 28.4 Å². The zero-order chi connectivity index (χ0) is 13.2. The van der Waals surface area contributed by atoms with E-state index in [9.17, 15) is 8.42 Å². The fraction of sp³-hybridized carbons (Fsp3) is 0.273. The van der Waals surface area contributed by atoms with Crippen molar-refractivity contribution in [2.24, 2.45) is 0 Å². The first kappa shape index (κ1) is 12.6. The highest BCUT2D eigenvalue weighted by Gasteiger charge is 2.15. The molecule has 0 aliphatic heterocycles.